The minimum absolute atomic E-state index is 0.0315. The van der Waals surface area contributed by atoms with Gasteiger partial charge in [0.2, 0.25) is 10.0 Å². The van der Waals surface area contributed by atoms with Gasteiger partial charge in [0.05, 0.1) is 16.8 Å². The maximum absolute atomic E-state index is 12.7. The Labute approximate surface area is 161 Å². The zero-order chi connectivity index (χ0) is 20.6. The van der Waals surface area contributed by atoms with E-state index in [1.165, 1.54) is 7.05 Å². The minimum Gasteiger partial charge on any atom is -0.445 e. The molecule has 0 fully saturated rings. The maximum Gasteiger partial charge on any atom is 0.416 e. The molecule has 0 bridgehead atoms. The minimum atomic E-state index is -4.60. The second-order valence-corrected chi connectivity index (χ2v) is 9.51. The van der Waals surface area contributed by atoms with Crippen LogP contribution < -0.4 is 0 Å². The number of benzene rings is 1. The molecule has 0 aliphatic rings. The van der Waals surface area contributed by atoms with Gasteiger partial charge in [-0.05, 0) is 18.2 Å². The molecule has 2 aromatic rings. The molecule has 1 aromatic carbocycles. The van der Waals surface area contributed by atoms with Crippen LogP contribution in [0, 0.1) is 0 Å². The van der Waals surface area contributed by atoms with E-state index in [1.807, 2.05) is 20.8 Å². The summed E-state index contributed by atoms with van der Waals surface area (Å²) in [6.45, 7) is 5.91. The number of hydrogen-bond acceptors (Lipinski definition) is 4. The number of rotatable bonds is 5. The molecule has 1 aromatic heterocycles. The summed E-state index contributed by atoms with van der Waals surface area (Å²) >= 11 is 5.80. The molecule has 5 nitrogen and oxygen atoms in total. The Morgan fingerprint density at radius 2 is 1.85 bits per heavy atom. The van der Waals surface area contributed by atoms with E-state index in [9.17, 15) is 21.6 Å². The highest BCUT2D eigenvalue weighted by atomic mass is 35.5. The van der Waals surface area contributed by atoms with Crippen LogP contribution in [0.2, 0.25) is 5.02 Å². The molecule has 0 N–H and O–H groups in total. The standard InChI is InChI=1S/C17H20ClF3N2O3S/c1-16(2,3)14-10-22-15(26-14)7-8-23(4)27(24,25)13-6-5-11(9-12(13)18)17(19,20)21/h5-6,9-10H,7-8H2,1-4H3. The molecule has 150 valence electrons. The Morgan fingerprint density at radius 3 is 2.33 bits per heavy atom. The molecule has 0 aliphatic carbocycles. The third-order valence-corrected chi connectivity index (χ3v) is 6.22. The summed E-state index contributed by atoms with van der Waals surface area (Å²) in [7, 11) is -2.74. The molecule has 0 saturated carbocycles. The summed E-state index contributed by atoms with van der Waals surface area (Å²) in [6.07, 6.45) is -2.80. The van der Waals surface area contributed by atoms with Gasteiger partial charge in [-0.3, -0.25) is 0 Å². The van der Waals surface area contributed by atoms with Crippen molar-refractivity contribution >= 4 is 21.6 Å². The van der Waals surface area contributed by atoms with Gasteiger partial charge in [0.25, 0.3) is 0 Å². The fraction of sp³-hybridized carbons (Fsp3) is 0.471. The molecule has 0 saturated heterocycles. The first-order valence-corrected chi connectivity index (χ1v) is 9.83. The van der Waals surface area contributed by atoms with Crippen LogP contribution in [-0.4, -0.2) is 31.3 Å². The number of nitrogens with zero attached hydrogens (tertiary/aromatic N) is 2. The number of halogens is 4. The largest absolute Gasteiger partial charge is 0.445 e. The summed E-state index contributed by atoms with van der Waals surface area (Å²) in [6, 6.07) is 2.15. The van der Waals surface area contributed by atoms with Gasteiger partial charge in [-0.2, -0.15) is 13.2 Å². The Morgan fingerprint density at radius 1 is 1.22 bits per heavy atom. The molecule has 0 amide bonds. The summed E-state index contributed by atoms with van der Waals surface area (Å²) in [5, 5.41) is -0.484. The van der Waals surface area contributed by atoms with Crippen LogP contribution in [0.15, 0.2) is 33.7 Å². The Bertz CT molecular complexity index is 918. The van der Waals surface area contributed by atoms with E-state index in [1.54, 1.807) is 6.20 Å². The molecule has 0 radical (unpaired) electrons. The van der Waals surface area contributed by atoms with E-state index in [4.69, 9.17) is 16.0 Å². The van der Waals surface area contributed by atoms with Crippen molar-refractivity contribution in [2.45, 2.75) is 43.7 Å². The highest BCUT2D eigenvalue weighted by Crippen LogP contribution is 2.34. The number of oxazole rings is 1. The predicted molar refractivity (Wildman–Crippen MR) is 95.2 cm³/mol. The topological polar surface area (TPSA) is 63.4 Å². The molecule has 2 rings (SSSR count). The number of hydrogen-bond donors (Lipinski definition) is 0. The lowest BCUT2D eigenvalue weighted by Gasteiger charge is -2.18. The molecule has 10 heteroatoms. The lowest BCUT2D eigenvalue weighted by atomic mass is 9.94. The number of sulfonamides is 1. The average Bonchev–Trinajstić information content (AvgIpc) is 3.00. The van der Waals surface area contributed by atoms with Crippen LogP contribution in [0.1, 0.15) is 38.0 Å². The lowest BCUT2D eigenvalue weighted by Crippen LogP contribution is -2.29. The second kappa shape index (κ2) is 7.44. The molecule has 0 spiro atoms. The maximum atomic E-state index is 12.7. The van der Waals surface area contributed by atoms with Crippen LogP contribution in [0.25, 0.3) is 0 Å². The third kappa shape index (κ3) is 5.03. The molecular formula is C17H20ClF3N2O3S. The quantitative estimate of drug-likeness (QED) is 0.708. The normalized spacial score (nSPS) is 13.4. The van der Waals surface area contributed by atoms with Crippen molar-refractivity contribution < 1.29 is 26.0 Å². The van der Waals surface area contributed by atoms with Gasteiger partial charge in [-0.1, -0.05) is 32.4 Å². The molecule has 0 atom stereocenters. The fourth-order valence-corrected chi connectivity index (χ4v) is 3.89. The van der Waals surface area contributed by atoms with E-state index in [0.29, 0.717) is 23.8 Å². The first kappa shape index (κ1) is 21.7. The smallest absolute Gasteiger partial charge is 0.416 e. The summed E-state index contributed by atoms with van der Waals surface area (Å²) in [4.78, 5) is 3.74. The van der Waals surface area contributed by atoms with Crippen LogP contribution in [-0.2, 0) is 28.0 Å². The van der Waals surface area contributed by atoms with Gasteiger partial charge in [-0.15, -0.1) is 0 Å². The average molecular weight is 425 g/mol. The van der Waals surface area contributed by atoms with Crippen LogP contribution in [0.5, 0.6) is 0 Å². The van der Waals surface area contributed by atoms with Gasteiger partial charge in [-0.25, -0.2) is 17.7 Å². The van der Waals surface area contributed by atoms with E-state index < -0.39 is 26.8 Å². The Hall–Kier alpha value is -1.58. The second-order valence-electron chi connectivity index (χ2n) is 7.09. The third-order valence-electron chi connectivity index (χ3n) is 3.88. The van der Waals surface area contributed by atoms with Crippen molar-refractivity contribution in [3.8, 4) is 0 Å². The summed E-state index contributed by atoms with van der Waals surface area (Å²) < 4.78 is 70.0. The lowest BCUT2D eigenvalue weighted by molar-refractivity contribution is -0.137. The first-order chi connectivity index (χ1) is 12.2. The van der Waals surface area contributed by atoms with Crippen molar-refractivity contribution in [1.29, 1.82) is 0 Å². The highest BCUT2D eigenvalue weighted by molar-refractivity contribution is 7.89. The van der Waals surface area contributed by atoms with Gasteiger partial charge in [0.15, 0.2) is 5.89 Å². The van der Waals surface area contributed by atoms with Gasteiger partial charge in [0, 0.05) is 25.4 Å². The van der Waals surface area contributed by atoms with E-state index in [-0.39, 0.29) is 23.3 Å². The Kier molecular flexibility index (Phi) is 5.99. The van der Waals surface area contributed by atoms with E-state index >= 15 is 0 Å². The SMILES string of the molecule is CN(CCc1ncc(C(C)(C)C)o1)S(=O)(=O)c1ccc(C(F)(F)F)cc1Cl. The van der Waals surface area contributed by atoms with Gasteiger partial charge in [0.1, 0.15) is 10.7 Å². The summed E-state index contributed by atoms with van der Waals surface area (Å²) in [5.74, 6) is 1.05. The van der Waals surface area contributed by atoms with Gasteiger partial charge < -0.3 is 4.42 Å². The van der Waals surface area contributed by atoms with Crippen LogP contribution >= 0.6 is 11.6 Å². The monoisotopic (exact) mass is 424 g/mol. The van der Waals surface area contributed by atoms with Crippen molar-refractivity contribution in [1.82, 2.24) is 9.29 Å². The zero-order valence-electron chi connectivity index (χ0n) is 15.3. The van der Waals surface area contributed by atoms with Gasteiger partial charge >= 0.3 is 6.18 Å². The predicted octanol–water partition coefficient (Wildman–Crippen LogP) is 4.51. The van der Waals surface area contributed by atoms with Crippen molar-refractivity contribution in [2.75, 3.05) is 13.6 Å². The Balaban J connectivity index is 2.16. The fourth-order valence-electron chi connectivity index (χ4n) is 2.20. The molecular weight excluding hydrogens is 405 g/mol. The number of alkyl halides is 3. The van der Waals surface area contributed by atoms with E-state index in [2.05, 4.69) is 4.98 Å². The highest BCUT2D eigenvalue weighted by Gasteiger charge is 2.33. The van der Waals surface area contributed by atoms with Crippen molar-refractivity contribution in [2.24, 2.45) is 0 Å². The first-order valence-electron chi connectivity index (χ1n) is 8.01. The van der Waals surface area contributed by atoms with Crippen molar-refractivity contribution in [3.05, 3.63) is 46.6 Å². The molecule has 0 aliphatic heterocycles. The van der Waals surface area contributed by atoms with Crippen LogP contribution in [0.3, 0.4) is 0 Å². The number of aromatic nitrogens is 1. The molecule has 0 unspecified atom stereocenters. The van der Waals surface area contributed by atoms with Crippen LogP contribution in [0.4, 0.5) is 13.2 Å². The molecule has 27 heavy (non-hydrogen) atoms. The number of likely N-dealkylation sites (N-methyl/N-ethyl adjacent to an activating group) is 1. The molecule has 1 heterocycles. The van der Waals surface area contributed by atoms with Crippen molar-refractivity contribution in [3.63, 3.8) is 0 Å². The zero-order valence-corrected chi connectivity index (χ0v) is 16.8. The van der Waals surface area contributed by atoms with E-state index in [0.717, 1.165) is 10.4 Å². The summed E-state index contributed by atoms with van der Waals surface area (Å²) in [5.41, 5.74) is -1.24.